The summed E-state index contributed by atoms with van der Waals surface area (Å²) in [5.41, 5.74) is 4.01. The predicted octanol–water partition coefficient (Wildman–Crippen LogP) is 5.76. The average Bonchev–Trinajstić information content (AvgIpc) is 3.24. The van der Waals surface area contributed by atoms with E-state index in [9.17, 15) is 14.9 Å². The number of aromatic nitrogens is 1. The second-order valence-corrected chi connectivity index (χ2v) is 9.88. The number of benzene rings is 3. The number of carbonyl (C=O) groups excluding carboxylic acids is 1. The molecule has 0 N–H and O–H groups in total. The van der Waals surface area contributed by atoms with E-state index in [-0.39, 0.29) is 41.1 Å². The monoisotopic (exact) mass is 497 g/mol. The van der Waals surface area contributed by atoms with Gasteiger partial charge in [-0.2, -0.15) is 0 Å². The molecule has 5 rings (SSSR count). The van der Waals surface area contributed by atoms with E-state index in [0.717, 1.165) is 27.6 Å². The van der Waals surface area contributed by atoms with Gasteiger partial charge < -0.3 is 14.2 Å². The Morgan fingerprint density at radius 3 is 2.30 bits per heavy atom. The highest BCUT2D eigenvalue weighted by Crippen LogP contribution is 2.37. The van der Waals surface area contributed by atoms with Crippen LogP contribution in [0, 0.1) is 10.1 Å². The lowest BCUT2D eigenvalue weighted by Crippen LogP contribution is -2.48. The van der Waals surface area contributed by atoms with Crippen molar-refractivity contribution in [1.29, 1.82) is 0 Å². The summed E-state index contributed by atoms with van der Waals surface area (Å²) in [5, 5.41) is 12.5. The molecule has 0 bridgehead atoms. The van der Waals surface area contributed by atoms with Crippen LogP contribution in [0.5, 0.6) is 0 Å². The third-order valence-corrected chi connectivity index (χ3v) is 7.03. The number of amides is 1. The third-order valence-electron chi connectivity index (χ3n) is 7.03. The summed E-state index contributed by atoms with van der Waals surface area (Å²) in [7, 11) is 0. The van der Waals surface area contributed by atoms with E-state index in [1.807, 2.05) is 73.3 Å². The Hall–Kier alpha value is -3.97. The molecule has 1 amide bonds. The van der Waals surface area contributed by atoms with Crippen LogP contribution in [-0.2, 0) is 16.1 Å². The van der Waals surface area contributed by atoms with Gasteiger partial charge in [0.1, 0.15) is 0 Å². The number of ether oxygens (including phenoxy) is 1. The molecule has 0 radical (unpaired) electrons. The van der Waals surface area contributed by atoms with E-state index in [2.05, 4.69) is 22.9 Å². The van der Waals surface area contributed by atoms with Crippen LogP contribution < -0.4 is 0 Å². The molecule has 1 fully saturated rings. The first-order chi connectivity index (χ1) is 17.9. The van der Waals surface area contributed by atoms with Crippen LogP contribution in [0.1, 0.15) is 42.9 Å². The van der Waals surface area contributed by atoms with Crippen molar-refractivity contribution in [1.82, 2.24) is 9.47 Å². The Balaban J connectivity index is 1.59. The second-order valence-electron chi connectivity index (χ2n) is 9.88. The van der Waals surface area contributed by atoms with E-state index in [4.69, 9.17) is 4.74 Å². The van der Waals surface area contributed by atoms with Gasteiger partial charge in [-0.15, -0.1) is 0 Å². The third kappa shape index (κ3) is 5.42. The minimum Gasteiger partial charge on any atom is -0.372 e. The van der Waals surface area contributed by atoms with Crippen molar-refractivity contribution in [3.8, 4) is 0 Å². The van der Waals surface area contributed by atoms with Gasteiger partial charge in [-0.05, 0) is 36.6 Å². The lowest BCUT2D eigenvalue weighted by atomic mass is 9.87. The van der Waals surface area contributed by atoms with Gasteiger partial charge in [0.2, 0.25) is 5.91 Å². The zero-order valence-corrected chi connectivity index (χ0v) is 21.1. The smallest absolute Gasteiger partial charge is 0.270 e. The normalized spacial score (nSPS) is 18.6. The second kappa shape index (κ2) is 10.6. The van der Waals surface area contributed by atoms with E-state index in [0.29, 0.717) is 19.6 Å². The van der Waals surface area contributed by atoms with Gasteiger partial charge in [-0.3, -0.25) is 14.9 Å². The van der Waals surface area contributed by atoms with Gasteiger partial charge >= 0.3 is 0 Å². The van der Waals surface area contributed by atoms with Gasteiger partial charge in [0.25, 0.3) is 5.69 Å². The number of nitro benzene ring substituents is 1. The maximum absolute atomic E-state index is 13.6. The molecule has 1 aromatic heterocycles. The fraction of sp³-hybridized carbons (Fsp3) is 0.300. The molecule has 4 aromatic rings. The Morgan fingerprint density at radius 1 is 1.00 bits per heavy atom. The van der Waals surface area contributed by atoms with E-state index in [1.165, 1.54) is 0 Å². The number of morpholine rings is 1. The van der Waals surface area contributed by atoms with Crippen LogP contribution in [0.3, 0.4) is 0 Å². The van der Waals surface area contributed by atoms with Crippen LogP contribution in [-0.4, -0.2) is 45.6 Å². The van der Waals surface area contributed by atoms with Crippen molar-refractivity contribution in [2.45, 2.75) is 44.9 Å². The van der Waals surface area contributed by atoms with Gasteiger partial charge in [-0.1, -0.05) is 60.7 Å². The molecule has 3 aromatic carbocycles. The minimum absolute atomic E-state index is 0.0155. The molecule has 0 spiro atoms. The Bertz CT molecular complexity index is 1390. The zero-order valence-electron chi connectivity index (χ0n) is 21.1. The van der Waals surface area contributed by atoms with E-state index < -0.39 is 0 Å². The molecule has 3 atom stereocenters. The first-order valence-corrected chi connectivity index (χ1v) is 12.7. The van der Waals surface area contributed by atoms with Gasteiger partial charge in [0.15, 0.2) is 0 Å². The molecule has 0 unspecified atom stereocenters. The Kier molecular flexibility index (Phi) is 7.06. The van der Waals surface area contributed by atoms with Crippen LogP contribution in [0.4, 0.5) is 5.69 Å². The molecule has 2 heterocycles. The number of carbonyl (C=O) groups is 1. The highest BCUT2D eigenvalue weighted by molar-refractivity contribution is 5.88. The van der Waals surface area contributed by atoms with E-state index in [1.54, 1.807) is 12.1 Å². The molecule has 7 nitrogen and oxygen atoms in total. The topological polar surface area (TPSA) is 77.6 Å². The summed E-state index contributed by atoms with van der Waals surface area (Å²) < 4.78 is 7.96. The molecular formula is C30H31N3O4. The fourth-order valence-electron chi connectivity index (χ4n) is 5.39. The Labute approximate surface area is 216 Å². The van der Waals surface area contributed by atoms with Crippen LogP contribution >= 0.6 is 0 Å². The Morgan fingerprint density at radius 2 is 1.65 bits per heavy atom. The average molecular weight is 498 g/mol. The minimum atomic E-state index is -0.364. The van der Waals surface area contributed by atoms with Crippen molar-refractivity contribution in [2.75, 3.05) is 13.1 Å². The van der Waals surface area contributed by atoms with Crippen LogP contribution in [0.25, 0.3) is 10.9 Å². The number of hydrogen-bond acceptors (Lipinski definition) is 4. The van der Waals surface area contributed by atoms with E-state index >= 15 is 0 Å². The highest BCUT2D eigenvalue weighted by atomic mass is 16.6. The zero-order chi connectivity index (χ0) is 25.9. The van der Waals surface area contributed by atoms with Crippen molar-refractivity contribution in [3.63, 3.8) is 0 Å². The maximum atomic E-state index is 13.6. The summed E-state index contributed by atoms with van der Waals surface area (Å²) >= 11 is 0. The predicted molar refractivity (Wildman–Crippen MR) is 144 cm³/mol. The van der Waals surface area contributed by atoms with Gasteiger partial charge in [-0.25, -0.2) is 0 Å². The lowest BCUT2D eigenvalue weighted by Gasteiger charge is -2.36. The number of rotatable bonds is 7. The summed E-state index contributed by atoms with van der Waals surface area (Å²) in [6, 6.07) is 25.1. The number of fused-ring (bicyclic) bond motifs is 1. The molecular weight excluding hydrogens is 466 g/mol. The van der Waals surface area contributed by atoms with Crippen LogP contribution in [0.2, 0.25) is 0 Å². The number of nitro groups is 1. The van der Waals surface area contributed by atoms with Crippen molar-refractivity contribution >= 4 is 22.5 Å². The van der Waals surface area contributed by atoms with Gasteiger partial charge in [0, 0.05) is 61.2 Å². The molecule has 0 saturated carbocycles. The molecule has 1 aliphatic heterocycles. The first kappa shape index (κ1) is 24.7. The summed E-state index contributed by atoms with van der Waals surface area (Å²) in [6.07, 6.45) is 2.31. The molecule has 1 saturated heterocycles. The first-order valence-electron chi connectivity index (χ1n) is 12.7. The molecule has 37 heavy (non-hydrogen) atoms. The lowest BCUT2D eigenvalue weighted by molar-refractivity contribution is -0.384. The largest absolute Gasteiger partial charge is 0.372 e. The summed E-state index contributed by atoms with van der Waals surface area (Å²) in [6.45, 7) is 5.73. The standard InChI is InChI=1S/C30H31N3O4/c1-21-17-32(18-22(2)37-21)30(34)16-26(24-11-7-4-8-12-24)28-20-31(19-23-9-5-3-6-10-23)29-14-13-25(33(35)36)15-27(28)29/h3-15,20-22,26H,16-19H2,1-2H3/t21-,22+,26-/m1/s1. The SMILES string of the molecule is C[C@@H]1CN(C(=O)C[C@H](c2ccccc2)c2cn(Cc3ccccc3)c3ccc([N+](=O)[O-])cc23)C[C@H](C)O1. The fourth-order valence-corrected chi connectivity index (χ4v) is 5.39. The van der Waals surface area contributed by atoms with Crippen molar-refractivity contribution < 1.29 is 14.5 Å². The van der Waals surface area contributed by atoms with Crippen LogP contribution in [0.15, 0.2) is 85.1 Å². The molecule has 0 aliphatic carbocycles. The summed E-state index contributed by atoms with van der Waals surface area (Å²) in [5.74, 6) is -0.186. The quantitative estimate of drug-likeness (QED) is 0.240. The maximum Gasteiger partial charge on any atom is 0.270 e. The molecule has 190 valence electrons. The number of non-ortho nitro benzene ring substituents is 1. The van der Waals surface area contributed by atoms with Crippen molar-refractivity contribution in [3.05, 3.63) is 112 Å². The number of hydrogen-bond donors (Lipinski definition) is 0. The summed E-state index contributed by atoms with van der Waals surface area (Å²) in [4.78, 5) is 26.8. The molecule has 1 aliphatic rings. The molecule has 7 heteroatoms. The van der Waals surface area contributed by atoms with Gasteiger partial charge in [0.05, 0.1) is 17.1 Å². The highest BCUT2D eigenvalue weighted by Gasteiger charge is 2.30. The van der Waals surface area contributed by atoms with Crippen molar-refractivity contribution in [2.24, 2.45) is 0 Å². The number of nitrogens with zero attached hydrogens (tertiary/aromatic N) is 3.